The molecule has 7 heteroatoms. The standard InChI is InChI=1S/C19H18FN5O/c20-15-3-1-13(2-4-15)9-24-10-16-18(11-24)26-12-17-19(22-23-25(16)17)14-5-7-21-8-6-14/h1-8,16,18H,9-12H2/t16-,18-/m1/s1. The molecule has 0 spiro atoms. The van der Waals surface area contributed by atoms with Crippen LogP contribution in [0.25, 0.3) is 11.3 Å². The Morgan fingerprint density at radius 3 is 2.69 bits per heavy atom. The average Bonchev–Trinajstić information content (AvgIpc) is 3.27. The molecule has 0 unspecified atom stereocenters. The highest BCUT2D eigenvalue weighted by Crippen LogP contribution is 2.34. The van der Waals surface area contributed by atoms with E-state index >= 15 is 0 Å². The Hall–Kier alpha value is -2.64. The lowest BCUT2D eigenvalue weighted by molar-refractivity contribution is -0.00494. The number of halogens is 1. The van der Waals surface area contributed by atoms with Gasteiger partial charge in [-0.05, 0) is 29.8 Å². The number of likely N-dealkylation sites (tertiary alicyclic amines) is 1. The van der Waals surface area contributed by atoms with Gasteiger partial charge >= 0.3 is 0 Å². The van der Waals surface area contributed by atoms with E-state index in [0.29, 0.717) is 6.61 Å². The number of fused-ring (bicyclic) bond motifs is 3. The van der Waals surface area contributed by atoms with Crippen molar-refractivity contribution in [3.63, 3.8) is 0 Å². The number of ether oxygens (including phenoxy) is 1. The fourth-order valence-electron chi connectivity index (χ4n) is 3.84. The summed E-state index contributed by atoms with van der Waals surface area (Å²) in [5, 5.41) is 8.81. The highest BCUT2D eigenvalue weighted by molar-refractivity contribution is 5.60. The van der Waals surface area contributed by atoms with Crippen LogP contribution in [-0.4, -0.2) is 44.1 Å². The summed E-state index contributed by atoms with van der Waals surface area (Å²) in [6.07, 6.45) is 3.62. The van der Waals surface area contributed by atoms with E-state index < -0.39 is 0 Å². The van der Waals surface area contributed by atoms with Gasteiger partial charge in [-0.15, -0.1) is 5.10 Å². The smallest absolute Gasteiger partial charge is 0.123 e. The van der Waals surface area contributed by atoms with Crippen LogP contribution in [0.15, 0.2) is 48.8 Å². The van der Waals surface area contributed by atoms with Crippen molar-refractivity contribution >= 4 is 0 Å². The number of benzene rings is 1. The quantitative estimate of drug-likeness (QED) is 0.725. The first-order valence-electron chi connectivity index (χ1n) is 8.71. The summed E-state index contributed by atoms with van der Waals surface area (Å²) in [5.41, 5.74) is 3.98. The summed E-state index contributed by atoms with van der Waals surface area (Å²) in [7, 11) is 0. The van der Waals surface area contributed by atoms with Crippen molar-refractivity contribution in [3.8, 4) is 11.3 Å². The number of hydrogen-bond donors (Lipinski definition) is 0. The Morgan fingerprint density at radius 1 is 1.08 bits per heavy atom. The molecule has 0 N–H and O–H groups in total. The van der Waals surface area contributed by atoms with Gasteiger partial charge in [-0.25, -0.2) is 9.07 Å². The molecule has 1 fully saturated rings. The molecular weight excluding hydrogens is 333 g/mol. The number of aromatic nitrogens is 4. The number of nitrogens with zero attached hydrogens (tertiary/aromatic N) is 5. The molecule has 1 aromatic carbocycles. The number of rotatable bonds is 3. The molecule has 0 bridgehead atoms. The van der Waals surface area contributed by atoms with Crippen LogP contribution in [0, 0.1) is 5.82 Å². The Morgan fingerprint density at radius 2 is 1.88 bits per heavy atom. The van der Waals surface area contributed by atoms with E-state index in [1.165, 1.54) is 12.1 Å². The Bertz CT molecular complexity index is 911. The largest absolute Gasteiger partial charge is 0.368 e. The van der Waals surface area contributed by atoms with Crippen molar-refractivity contribution in [1.29, 1.82) is 0 Å². The second kappa shape index (κ2) is 6.26. The number of pyridine rings is 1. The molecular formula is C19H18FN5O. The van der Waals surface area contributed by atoms with E-state index in [4.69, 9.17) is 4.74 Å². The van der Waals surface area contributed by atoms with Gasteiger partial charge in [-0.1, -0.05) is 17.3 Å². The van der Waals surface area contributed by atoms with Crippen molar-refractivity contribution in [2.75, 3.05) is 13.1 Å². The predicted octanol–water partition coefficient (Wildman–Crippen LogP) is 2.43. The van der Waals surface area contributed by atoms with E-state index in [-0.39, 0.29) is 18.0 Å². The van der Waals surface area contributed by atoms with Gasteiger partial charge in [-0.2, -0.15) is 0 Å². The van der Waals surface area contributed by atoms with Gasteiger partial charge in [0.1, 0.15) is 11.5 Å². The lowest BCUT2D eigenvalue weighted by Crippen LogP contribution is -2.32. The van der Waals surface area contributed by atoms with Crippen LogP contribution in [0.2, 0.25) is 0 Å². The third-order valence-electron chi connectivity index (χ3n) is 5.13. The van der Waals surface area contributed by atoms with Crippen molar-refractivity contribution < 1.29 is 9.13 Å². The van der Waals surface area contributed by atoms with Crippen molar-refractivity contribution in [2.24, 2.45) is 0 Å². The van der Waals surface area contributed by atoms with Gasteiger partial charge in [0, 0.05) is 37.6 Å². The minimum atomic E-state index is -0.205. The maximum absolute atomic E-state index is 13.1. The molecule has 5 rings (SSSR count). The maximum atomic E-state index is 13.1. The molecule has 2 aliphatic heterocycles. The summed E-state index contributed by atoms with van der Waals surface area (Å²) in [6.45, 7) is 2.97. The first-order valence-corrected chi connectivity index (χ1v) is 8.71. The average molecular weight is 351 g/mol. The van der Waals surface area contributed by atoms with Crippen LogP contribution in [0.4, 0.5) is 4.39 Å². The molecule has 1 saturated heterocycles. The second-order valence-electron chi connectivity index (χ2n) is 6.80. The molecule has 0 amide bonds. The van der Waals surface area contributed by atoms with Crippen LogP contribution < -0.4 is 0 Å². The topological polar surface area (TPSA) is 56.1 Å². The predicted molar refractivity (Wildman–Crippen MR) is 92.5 cm³/mol. The molecule has 0 aliphatic carbocycles. The second-order valence-corrected chi connectivity index (χ2v) is 6.80. The summed E-state index contributed by atoms with van der Waals surface area (Å²) in [6, 6.07) is 10.7. The Kier molecular flexibility index (Phi) is 3.76. The molecule has 6 nitrogen and oxygen atoms in total. The normalized spacial score (nSPS) is 22.2. The molecule has 2 aromatic heterocycles. The molecule has 2 aliphatic rings. The first kappa shape index (κ1) is 15.6. The lowest BCUT2D eigenvalue weighted by atomic mass is 10.1. The third kappa shape index (κ3) is 2.69. The van der Waals surface area contributed by atoms with Crippen molar-refractivity contribution in [1.82, 2.24) is 24.9 Å². The zero-order valence-corrected chi connectivity index (χ0v) is 14.1. The van der Waals surface area contributed by atoms with Gasteiger partial charge in [0.2, 0.25) is 0 Å². The van der Waals surface area contributed by atoms with E-state index in [1.54, 1.807) is 12.4 Å². The highest BCUT2D eigenvalue weighted by Gasteiger charge is 2.40. The highest BCUT2D eigenvalue weighted by atomic mass is 19.1. The van der Waals surface area contributed by atoms with Crippen molar-refractivity contribution in [3.05, 3.63) is 65.9 Å². The summed E-state index contributed by atoms with van der Waals surface area (Å²) < 4.78 is 21.2. The fourth-order valence-corrected chi connectivity index (χ4v) is 3.84. The minimum Gasteiger partial charge on any atom is -0.368 e. The molecule has 0 saturated carbocycles. The van der Waals surface area contributed by atoms with Gasteiger partial charge < -0.3 is 4.74 Å². The SMILES string of the molecule is Fc1ccc(CN2C[C@@H]3[C@@H](C2)OCc2c(-c4ccncc4)nnn23)cc1. The van der Waals surface area contributed by atoms with Crippen molar-refractivity contribution in [2.45, 2.75) is 25.3 Å². The maximum Gasteiger partial charge on any atom is 0.123 e. The van der Waals surface area contributed by atoms with E-state index in [2.05, 4.69) is 20.2 Å². The van der Waals surface area contributed by atoms with E-state index in [1.807, 2.05) is 28.9 Å². The lowest BCUT2D eigenvalue weighted by Gasteiger charge is -2.26. The Balaban J connectivity index is 1.37. The zero-order chi connectivity index (χ0) is 17.5. The van der Waals surface area contributed by atoms with E-state index in [9.17, 15) is 4.39 Å². The molecule has 4 heterocycles. The summed E-state index contributed by atoms with van der Waals surface area (Å²) in [4.78, 5) is 6.38. The fraction of sp³-hybridized carbons (Fsp3) is 0.316. The van der Waals surface area contributed by atoms with Crippen LogP contribution in [-0.2, 0) is 17.9 Å². The van der Waals surface area contributed by atoms with Gasteiger partial charge in [0.25, 0.3) is 0 Å². The molecule has 2 atom stereocenters. The summed E-state index contributed by atoms with van der Waals surface area (Å²) >= 11 is 0. The van der Waals surface area contributed by atoms with Gasteiger partial charge in [0.05, 0.1) is 24.4 Å². The van der Waals surface area contributed by atoms with Gasteiger partial charge in [0.15, 0.2) is 0 Å². The van der Waals surface area contributed by atoms with Gasteiger partial charge in [-0.3, -0.25) is 9.88 Å². The number of hydrogen-bond acceptors (Lipinski definition) is 5. The van der Waals surface area contributed by atoms with E-state index in [0.717, 1.165) is 42.1 Å². The van der Waals surface area contributed by atoms with Crippen LogP contribution >= 0.6 is 0 Å². The molecule has 132 valence electrons. The van der Waals surface area contributed by atoms with Crippen LogP contribution in [0.5, 0.6) is 0 Å². The first-order chi connectivity index (χ1) is 12.8. The Labute approximate surface area is 150 Å². The monoisotopic (exact) mass is 351 g/mol. The minimum absolute atomic E-state index is 0.106. The van der Waals surface area contributed by atoms with Crippen LogP contribution in [0.1, 0.15) is 17.3 Å². The zero-order valence-electron chi connectivity index (χ0n) is 14.1. The van der Waals surface area contributed by atoms with Crippen LogP contribution in [0.3, 0.4) is 0 Å². The molecule has 26 heavy (non-hydrogen) atoms. The summed E-state index contributed by atoms with van der Waals surface area (Å²) in [5.74, 6) is -0.205. The third-order valence-corrected chi connectivity index (χ3v) is 5.13. The molecule has 3 aromatic rings. The molecule has 0 radical (unpaired) electrons.